The lowest BCUT2D eigenvalue weighted by molar-refractivity contribution is -0.121. The number of hydrogen-bond acceptors (Lipinski definition) is 1. The summed E-state index contributed by atoms with van der Waals surface area (Å²) in [6, 6.07) is 0. The summed E-state index contributed by atoms with van der Waals surface area (Å²) in [5.74, 6) is 1.01. The number of carbonyl (C=O) groups is 1. The number of ketones is 1. The van der Waals surface area contributed by atoms with E-state index in [0.717, 1.165) is 6.42 Å². The predicted molar refractivity (Wildman–Crippen MR) is 57.9 cm³/mol. The Bertz CT molecular complexity index is 294. The van der Waals surface area contributed by atoms with Gasteiger partial charge in [0.2, 0.25) is 0 Å². The molecule has 14 heavy (non-hydrogen) atoms. The molecule has 0 N–H and O–H groups in total. The van der Waals surface area contributed by atoms with Crippen molar-refractivity contribution in [3.63, 3.8) is 0 Å². The molecule has 0 aliphatic heterocycles. The largest absolute Gasteiger partial charge is 0.295 e. The van der Waals surface area contributed by atoms with Crippen LogP contribution in [-0.4, -0.2) is 5.78 Å². The fraction of sp³-hybridized carbons (Fsp3) is 0.615. The van der Waals surface area contributed by atoms with E-state index >= 15 is 0 Å². The highest BCUT2D eigenvalue weighted by molar-refractivity contribution is 5.93. The van der Waals surface area contributed by atoms with Crippen molar-refractivity contribution in [1.82, 2.24) is 0 Å². The lowest BCUT2D eigenvalue weighted by Gasteiger charge is -2.31. The molecule has 2 unspecified atom stereocenters. The van der Waals surface area contributed by atoms with E-state index in [1.54, 1.807) is 6.08 Å². The first-order valence-electron chi connectivity index (χ1n) is 5.53. The topological polar surface area (TPSA) is 17.1 Å². The van der Waals surface area contributed by atoms with Gasteiger partial charge in [-0.3, -0.25) is 4.79 Å². The van der Waals surface area contributed by atoms with E-state index in [4.69, 9.17) is 0 Å². The van der Waals surface area contributed by atoms with Crippen molar-refractivity contribution in [2.24, 2.45) is 17.3 Å². The number of hydrogen-bond donors (Lipinski definition) is 0. The molecule has 0 radical (unpaired) electrons. The fourth-order valence-electron chi connectivity index (χ4n) is 2.82. The van der Waals surface area contributed by atoms with E-state index in [9.17, 15) is 4.79 Å². The molecule has 2 aliphatic rings. The maximum Gasteiger partial charge on any atom is 0.159 e. The van der Waals surface area contributed by atoms with E-state index in [1.165, 1.54) is 12.8 Å². The second-order valence-corrected chi connectivity index (χ2v) is 4.73. The first-order valence-corrected chi connectivity index (χ1v) is 5.53. The Morgan fingerprint density at radius 1 is 1.50 bits per heavy atom. The second-order valence-electron chi connectivity index (χ2n) is 4.73. The van der Waals surface area contributed by atoms with E-state index in [1.807, 2.05) is 13.0 Å². The van der Waals surface area contributed by atoms with E-state index in [2.05, 4.69) is 19.1 Å². The van der Waals surface area contributed by atoms with Crippen molar-refractivity contribution >= 4 is 5.78 Å². The summed E-state index contributed by atoms with van der Waals surface area (Å²) in [5, 5.41) is 0. The molecule has 2 aliphatic carbocycles. The minimum atomic E-state index is 0.253. The minimum absolute atomic E-state index is 0.253. The fourth-order valence-corrected chi connectivity index (χ4v) is 2.82. The SMILES string of the molecule is C/C=C/C(=O)C1C(C)C=CCC12CC2. The highest BCUT2D eigenvalue weighted by Crippen LogP contribution is 2.59. The van der Waals surface area contributed by atoms with Crippen LogP contribution >= 0.6 is 0 Å². The average Bonchev–Trinajstić information content (AvgIpc) is 2.85. The van der Waals surface area contributed by atoms with Gasteiger partial charge in [-0.25, -0.2) is 0 Å². The Labute approximate surface area is 85.9 Å². The van der Waals surface area contributed by atoms with Crippen molar-refractivity contribution in [3.05, 3.63) is 24.3 Å². The molecule has 1 nitrogen and oxygen atoms in total. The van der Waals surface area contributed by atoms with Crippen LogP contribution in [0.4, 0.5) is 0 Å². The Hall–Kier alpha value is -0.850. The molecule has 1 heteroatoms. The molecule has 0 aromatic heterocycles. The van der Waals surface area contributed by atoms with Gasteiger partial charge in [-0.05, 0) is 43.6 Å². The Morgan fingerprint density at radius 3 is 2.79 bits per heavy atom. The van der Waals surface area contributed by atoms with Gasteiger partial charge in [0.15, 0.2) is 5.78 Å². The zero-order chi connectivity index (χ0) is 10.2. The van der Waals surface area contributed by atoms with Gasteiger partial charge in [0.25, 0.3) is 0 Å². The lowest BCUT2D eigenvalue weighted by atomic mass is 9.71. The van der Waals surface area contributed by atoms with Gasteiger partial charge in [-0.2, -0.15) is 0 Å². The van der Waals surface area contributed by atoms with Crippen LogP contribution in [0.15, 0.2) is 24.3 Å². The maximum absolute atomic E-state index is 11.9. The highest BCUT2D eigenvalue weighted by atomic mass is 16.1. The summed E-state index contributed by atoms with van der Waals surface area (Å²) in [6.45, 7) is 4.09. The molecule has 1 saturated carbocycles. The summed E-state index contributed by atoms with van der Waals surface area (Å²) in [4.78, 5) is 11.9. The van der Waals surface area contributed by atoms with Crippen LogP contribution in [0.1, 0.15) is 33.1 Å². The first kappa shape index (κ1) is 9.70. The molecule has 0 aromatic rings. The van der Waals surface area contributed by atoms with E-state index in [-0.39, 0.29) is 5.92 Å². The quantitative estimate of drug-likeness (QED) is 0.483. The second kappa shape index (κ2) is 3.38. The summed E-state index contributed by atoms with van der Waals surface area (Å²) >= 11 is 0. The van der Waals surface area contributed by atoms with Crippen molar-refractivity contribution in [1.29, 1.82) is 0 Å². The van der Waals surface area contributed by atoms with Crippen molar-refractivity contribution in [3.8, 4) is 0 Å². The normalized spacial score (nSPS) is 33.9. The summed E-state index contributed by atoms with van der Waals surface area (Å²) < 4.78 is 0. The smallest absolute Gasteiger partial charge is 0.159 e. The Balaban J connectivity index is 2.22. The van der Waals surface area contributed by atoms with Gasteiger partial charge in [0, 0.05) is 5.92 Å². The lowest BCUT2D eigenvalue weighted by Crippen LogP contribution is -2.31. The standard InChI is InChI=1S/C13H18O/c1-3-5-11(14)12-10(2)6-4-7-13(12)8-9-13/h3-6,10,12H,7-9H2,1-2H3/b5-3+. The monoisotopic (exact) mass is 190 g/mol. The van der Waals surface area contributed by atoms with Crippen LogP contribution in [0.25, 0.3) is 0 Å². The molecule has 0 heterocycles. The molecular formula is C13H18O. The molecule has 1 spiro atoms. The minimum Gasteiger partial charge on any atom is -0.295 e. The first-order chi connectivity index (χ1) is 6.69. The predicted octanol–water partition coefficient (Wildman–Crippen LogP) is 3.12. The number of carbonyl (C=O) groups excluding carboxylic acids is 1. The van der Waals surface area contributed by atoms with Gasteiger partial charge < -0.3 is 0 Å². The molecular weight excluding hydrogens is 172 g/mol. The van der Waals surface area contributed by atoms with Gasteiger partial charge in [0.05, 0.1) is 0 Å². The van der Waals surface area contributed by atoms with E-state index < -0.39 is 0 Å². The van der Waals surface area contributed by atoms with Crippen LogP contribution in [0, 0.1) is 17.3 Å². The summed E-state index contributed by atoms with van der Waals surface area (Å²) in [7, 11) is 0. The molecule has 2 rings (SSSR count). The van der Waals surface area contributed by atoms with Crippen LogP contribution in [-0.2, 0) is 4.79 Å². The average molecular weight is 190 g/mol. The van der Waals surface area contributed by atoms with Crippen LogP contribution in [0.3, 0.4) is 0 Å². The number of rotatable bonds is 2. The van der Waals surface area contributed by atoms with Crippen LogP contribution < -0.4 is 0 Å². The highest BCUT2D eigenvalue weighted by Gasteiger charge is 2.53. The van der Waals surface area contributed by atoms with Crippen LogP contribution in [0.5, 0.6) is 0 Å². The van der Waals surface area contributed by atoms with Gasteiger partial charge >= 0.3 is 0 Å². The third kappa shape index (κ3) is 1.45. The van der Waals surface area contributed by atoms with Crippen LogP contribution in [0.2, 0.25) is 0 Å². The Morgan fingerprint density at radius 2 is 2.21 bits per heavy atom. The maximum atomic E-state index is 11.9. The molecule has 76 valence electrons. The third-order valence-electron chi connectivity index (χ3n) is 3.68. The van der Waals surface area contributed by atoms with Crippen molar-refractivity contribution in [2.75, 3.05) is 0 Å². The van der Waals surface area contributed by atoms with Gasteiger partial charge in [-0.1, -0.05) is 25.2 Å². The van der Waals surface area contributed by atoms with Gasteiger partial charge in [-0.15, -0.1) is 0 Å². The molecule has 0 saturated heterocycles. The molecule has 2 atom stereocenters. The van der Waals surface area contributed by atoms with Crippen molar-refractivity contribution in [2.45, 2.75) is 33.1 Å². The molecule has 0 aromatic carbocycles. The summed E-state index contributed by atoms with van der Waals surface area (Å²) in [6.07, 6.45) is 11.7. The molecule has 0 amide bonds. The zero-order valence-electron chi connectivity index (χ0n) is 8.99. The number of allylic oxidation sites excluding steroid dienone is 4. The summed E-state index contributed by atoms with van der Waals surface area (Å²) in [5.41, 5.74) is 0.352. The van der Waals surface area contributed by atoms with Crippen molar-refractivity contribution < 1.29 is 4.79 Å². The third-order valence-corrected chi connectivity index (χ3v) is 3.68. The van der Waals surface area contributed by atoms with E-state index in [0.29, 0.717) is 17.1 Å². The Kier molecular flexibility index (Phi) is 2.34. The van der Waals surface area contributed by atoms with Gasteiger partial charge in [0.1, 0.15) is 0 Å². The molecule has 0 bridgehead atoms. The molecule has 1 fully saturated rings. The zero-order valence-corrected chi connectivity index (χ0v) is 8.99.